The molecule has 1 aromatic rings. The molecule has 0 aliphatic carbocycles. The van der Waals surface area contributed by atoms with Crippen LogP contribution in [0.3, 0.4) is 0 Å². The average molecular weight is 288 g/mol. The molecule has 1 saturated heterocycles. The predicted molar refractivity (Wildman–Crippen MR) is 60.5 cm³/mol. The summed E-state index contributed by atoms with van der Waals surface area (Å²) in [7, 11) is 0. The molecule has 1 aromatic carbocycles. The molecule has 1 heterocycles. The van der Waals surface area contributed by atoms with Gasteiger partial charge in [-0.05, 0) is 17.7 Å². The van der Waals surface area contributed by atoms with E-state index in [-0.39, 0.29) is 11.7 Å². The van der Waals surface area contributed by atoms with E-state index < -0.39 is 5.97 Å². The molecule has 2 rings (SSSR count). The Morgan fingerprint density at radius 2 is 2.25 bits per heavy atom. The minimum Gasteiger partial charge on any atom is -0.481 e. The summed E-state index contributed by atoms with van der Waals surface area (Å²) in [6.45, 7) is 1.79. The second-order valence-corrected chi connectivity index (χ2v) is 4.82. The van der Waals surface area contributed by atoms with E-state index in [0.717, 1.165) is 10.0 Å². The lowest BCUT2D eigenvalue weighted by Crippen LogP contribution is -2.49. The number of hydrogen-bond donors (Lipinski definition) is 1. The topological polar surface area (TPSA) is 40.5 Å². The SMILES string of the molecule is O=C(O)C1CN(Cc2ccc(F)cc2Br)C1. The van der Waals surface area contributed by atoms with Crippen molar-refractivity contribution in [2.45, 2.75) is 6.54 Å². The summed E-state index contributed by atoms with van der Waals surface area (Å²) in [5, 5.41) is 8.72. The van der Waals surface area contributed by atoms with E-state index in [1.165, 1.54) is 12.1 Å². The number of aliphatic carboxylic acids is 1. The van der Waals surface area contributed by atoms with Gasteiger partial charge in [-0.1, -0.05) is 22.0 Å². The fourth-order valence-electron chi connectivity index (χ4n) is 1.75. The molecule has 3 nitrogen and oxygen atoms in total. The van der Waals surface area contributed by atoms with E-state index in [2.05, 4.69) is 15.9 Å². The standard InChI is InChI=1S/C11H11BrFNO2/c12-10-3-9(13)2-1-7(10)4-14-5-8(6-14)11(15)16/h1-3,8H,4-6H2,(H,15,16). The Hall–Kier alpha value is -0.940. The number of rotatable bonds is 3. The molecule has 1 fully saturated rings. The van der Waals surface area contributed by atoms with Crippen LogP contribution >= 0.6 is 15.9 Å². The van der Waals surface area contributed by atoms with Crippen molar-refractivity contribution in [3.8, 4) is 0 Å². The van der Waals surface area contributed by atoms with Gasteiger partial charge in [0.1, 0.15) is 5.82 Å². The Morgan fingerprint density at radius 1 is 1.56 bits per heavy atom. The van der Waals surface area contributed by atoms with E-state index in [1.807, 2.05) is 4.90 Å². The summed E-state index contributed by atoms with van der Waals surface area (Å²) in [6, 6.07) is 4.55. The Balaban J connectivity index is 1.94. The molecule has 86 valence electrons. The van der Waals surface area contributed by atoms with Crippen molar-refractivity contribution in [1.29, 1.82) is 0 Å². The summed E-state index contributed by atoms with van der Waals surface area (Å²) in [5.41, 5.74) is 0.977. The number of carboxylic acids is 1. The molecule has 0 saturated carbocycles. The monoisotopic (exact) mass is 287 g/mol. The Kier molecular flexibility index (Phi) is 3.25. The lowest BCUT2D eigenvalue weighted by atomic mass is 10.00. The second kappa shape index (κ2) is 4.51. The number of carbonyl (C=O) groups is 1. The van der Waals surface area contributed by atoms with Gasteiger partial charge in [-0.3, -0.25) is 9.69 Å². The first kappa shape index (κ1) is 11.5. The zero-order valence-corrected chi connectivity index (χ0v) is 10.1. The molecule has 0 spiro atoms. The predicted octanol–water partition coefficient (Wildman–Crippen LogP) is 2.10. The number of carboxylic acid groups (broad SMARTS) is 1. The highest BCUT2D eigenvalue weighted by Gasteiger charge is 2.32. The summed E-state index contributed by atoms with van der Waals surface area (Å²) in [6.07, 6.45) is 0. The fourth-order valence-corrected chi connectivity index (χ4v) is 2.22. The minimum absolute atomic E-state index is 0.251. The maximum atomic E-state index is 12.8. The summed E-state index contributed by atoms with van der Waals surface area (Å²) < 4.78 is 13.6. The molecule has 0 aromatic heterocycles. The molecule has 0 bridgehead atoms. The molecule has 0 atom stereocenters. The molecule has 0 unspecified atom stereocenters. The Labute approximate surface area is 101 Å². The first-order valence-corrected chi connectivity index (χ1v) is 5.74. The number of benzene rings is 1. The van der Waals surface area contributed by atoms with Crippen molar-refractivity contribution in [3.05, 3.63) is 34.1 Å². The van der Waals surface area contributed by atoms with Crippen molar-refractivity contribution in [2.24, 2.45) is 5.92 Å². The largest absolute Gasteiger partial charge is 0.481 e. The van der Waals surface area contributed by atoms with Crippen molar-refractivity contribution in [3.63, 3.8) is 0 Å². The van der Waals surface area contributed by atoms with Crippen LogP contribution < -0.4 is 0 Å². The van der Waals surface area contributed by atoms with Crippen LogP contribution in [0.4, 0.5) is 4.39 Å². The third kappa shape index (κ3) is 2.41. The quantitative estimate of drug-likeness (QED) is 0.926. The lowest BCUT2D eigenvalue weighted by molar-refractivity contribution is -0.147. The van der Waals surface area contributed by atoms with Crippen LogP contribution in [0.15, 0.2) is 22.7 Å². The third-order valence-electron chi connectivity index (χ3n) is 2.72. The van der Waals surface area contributed by atoms with Crippen molar-refractivity contribution in [1.82, 2.24) is 4.90 Å². The maximum absolute atomic E-state index is 12.8. The zero-order chi connectivity index (χ0) is 11.7. The highest BCUT2D eigenvalue weighted by atomic mass is 79.9. The molecule has 16 heavy (non-hydrogen) atoms. The van der Waals surface area contributed by atoms with E-state index >= 15 is 0 Å². The first-order chi connectivity index (χ1) is 7.56. The van der Waals surface area contributed by atoms with Crippen LogP contribution in [0.1, 0.15) is 5.56 Å². The highest BCUT2D eigenvalue weighted by Crippen LogP contribution is 2.24. The summed E-state index contributed by atoms with van der Waals surface area (Å²) in [5.74, 6) is -1.27. The van der Waals surface area contributed by atoms with Crippen molar-refractivity contribution >= 4 is 21.9 Å². The van der Waals surface area contributed by atoms with E-state index in [4.69, 9.17) is 5.11 Å². The van der Waals surface area contributed by atoms with Gasteiger partial charge in [0.15, 0.2) is 0 Å². The van der Waals surface area contributed by atoms with Crippen LogP contribution in [-0.4, -0.2) is 29.1 Å². The van der Waals surface area contributed by atoms with Crippen LogP contribution in [0, 0.1) is 11.7 Å². The molecule has 1 aliphatic heterocycles. The Bertz CT molecular complexity index is 418. The fraction of sp³-hybridized carbons (Fsp3) is 0.364. The Morgan fingerprint density at radius 3 is 2.81 bits per heavy atom. The maximum Gasteiger partial charge on any atom is 0.309 e. The third-order valence-corrected chi connectivity index (χ3v) is 3.45. The summed E-state index contributed by atoms with van der Waals surface area (Å²) in [4.78, 5) is 12.6. The van der Waals surface area contributed by atoms with E-state index in [0.29, 0.717) is 19.6 Å². The zero-order valence-electron chi connectivity index (χ0n) is 8.49. The number of hydrogen-bond acceptors (Lipinski definition) is 2. The molecule has 1 N–H and O–H groups in total. The van der Waals surface area contributed by atoms with Crippen LogP contribution in [0.2, 0.25) is 0 Å². The normalized spacial score (nSPS) is 17.1. The number of nitrogens with zero attached hydrogens (tertiary/aromatic N) is 1. The lowest BCUT2D eigenvalue weighted by Gasteiger charge is -2.36. The van der Waals surface area contributed by atoms with Gasteiger partial charge in [-0.25, -0.2) is 4.39 Å². The average Bonchev–Trinajstić information content (AvgIpc) is 2.12. The van der Waals surface area contributed by atoms with Crippen LogP contribution in [-0.2, 0) is 11.3 Å². The van der Waals surface area contributed by atoms with Gasteiger partial charge in [0.2, 0.25) is 0 Å². The van der Waals surface area contributed by atoms with Gasteiger partial charge in [-0.15, -0.1) is 0 Å². The summed E-state index contributed by atoms with van der Waals surface area (Å²) >= 11 is 3.29. The molecular weight excluding hydrogens is 277 g/mol. The van der Waals surface area contributed by atoms with Crippen molar-refractivity contribution in [2.75, 3.05) is 13.1 Å². The van der Waals surface area contributed by atoms with Gasteiger partial charge in [0.25, 0.3) is 0 Å². The number of halogens is 2. The van der Waals surface area contributed by atoms with Gasteiger partial charge in [0.05, 0.1) is 5.92 Å². The van der Waals surface area contributed by atoms with E-state index in [1.54, 1.807) is 6.07 Å². The van der Waals surface area contributed by atoms with E-state index in [9.17, 15) is 9.18 Å². The van der Waals surface area contributed by atoms with Gasteiger partial charge in [-0.2, -0.15) is 0 Å². The smallest absolute Gasteiger partial charge is 0.309 e. The van der Waals surface area contributed by atoms with Gasteiger partial charge >= 0.3 is 5.97 Å². The van der Waals surface area contributed by atoms with Crippen molar-refractivity contribution < 1.29 is 14.3 Å². The second-order valence-electron chi connectivity index (χ2n) is 3.96. The van der Waals surface area contributed by atoms with Crippen LogP contribution in [0.5, 0.6) is 0 Å². The molecule has 1 aliphatic rings. The first-order valence-electron chi connectivity index (χ1n) is 4.95. The van der Waals surface area contributed by atoms with Gasteiger partial charge < -0.3 is 5.11 Å². The molecule has 0 amide bonds. The van der Waals surface area contributed by atoms with Crippen LogP contribution in [0.25, 0.3) is 0 Å². The highest BCUT2D eigenvalue weighted by molar-refractivity contribution is 9.10. The van der Waals surface area contributed by atoms with Gasteiger partial charge in [0, 0.05) is 24.1 Å². The number of likely N-dealkylation sites (tertiary alicyclic amines) is 1. The molecule has 5 heteroatoms. The molecular formula is C11H11BrFNO2. The molecule has 0 radical (unpaired) electrons. The minimum atomic E-state index is -0.741.